The van der Waals surface area contributed by atoms with Crippen LogP contribution >= 0.6 is 0 Å². The number of benzene rings is 2. The molecule has 0 saturated carbocycles. The first-order valence-corrected chi connectivity index (χ1v) is 10.7. The molecule has 0 radical (unpaired) electrons. The highest BCUT2D eigenvalue weighted by atomic mass is 16.5. The van der Waals surface area contributed by atoms with E-state index in [4.69, 9.17) is 14.2 Å². The smallest absolute Gasteiger partial charge is 0.260 e. The van der Waals surface area contributed by atoms with Crippen LogP contribution in [-0.2, 0) is 9.59 Å². The third-order valence-corrected chi connectivity index (χ3v) is 5.10. The fraction of sp³-hybridized carbons (Fsp3) is 0.417. The lowest BCUT2D eigenvalue weighted by Gasteiger charge is -2.32. The Balaban J connectivity index is 1.33. The van der Waals surface area contributed by atoms with Crippen molar-refractivity contribution in [2.75, 3.05) is 32.9 Å². The van der Waals surface area contributed by atoms with Crippen LogP contribution in [0.15, 0.2) is 48.5 Å². The minimum atomic E-state index is -0.165. The van der Waals surface area contributed by atoms with Gasteiger partial charge in [-0.25, -0.2) is 0 Å². The van der Waals surface area contributed by atoms with Gasteiger partial charge in [0.2, 0.25) is 0 Å². The van der Waals surface area contributed by atoms with Gasteiger partial charge >= 0.3 is 0 Å². The van der Waals surface area contributed by atoms with Gasteiger partial charge in [-0.3, -0.25) is 9.59 Å². The van der Waals surface area contributed by atoms with Crippen molar-refractivity contribution < 1.29 is 23.8 Å². The van der Waals surface area contributed by atoms with Crippen LogP contribution in [0.3, 0.4) is 0 Å². The zero-order valence-electron chi connectivity index (χ0n) is 18.1. The number of piperidine rings is 1. The fourth-order valence-electron chi connectivity index (χ4n) is 3.36. The molecule has 2 aromatic rings. The Kier molecular flexibility index (Phi) is 8.15. The zero-order chi connectivity index (χ0) is 22.1. The monoisotopic (exact) mass is 426 g/mol. The van der Waals surface area contributed by atoms with Crippen LogP contribution in [0.25, 0.3) is 0 Å². The molecular formula is C24H30N2O5. The number of carbonyl (C=O) groups excluding carboxylic acids is 2. The molecular weight excluding hydrogens is 396 g/mol. The van der Waals surface area contributed by atoms with Crippen molar-refractivity contribution in [3.63, 3.8) is 0 Å². The number of nitrogens with zero attached hydrogens (tertiary/aromatic N) is 1. The molecule has 1 heterocycles. The van der Waals surface area contributed by atoms with E-state index in [1.807, 2.05) is 50.2 Å². The average Bonchev–Trinajstić information content (AvgIpc) is 2.79. The van der Waals surface area contributed by atoms with E-state index in [9.17, 15) is 9.59 Å². The van der Waals surface area contributed by atoms with Crippen molar-refractivity contribution >= 4 is 11.8 Å². The van der Waals surface area contributed by atoms with E-state index < -0.39 is 0 Å². The van der Waals surface area contributed by atoms with Gasteiger partial charge in [0, 0.05) is 19.1 Å². The van der Waals surface area contributed by atoms with E-state index in [1.165, 1.54) is 0 Å². The second-order valence-corrected chi connectivity index (χ2v) is 7.52. The predicted octanol–water partition coefficient (Wildman–Crippen LogP) is 2.96. The second kappa shape index (κ2) is 11.2. The molecule has 1 aliphatic heterocycles. The first-order chi connectivity index (χ1) is 15.0. The fourth-order valence-corrected chi connectivity index (χ4v) is 3.36. The number of amides is 2. The number of hydrogen-bond donors (Lipinski definition) is 1. The maximum absolute atomic E-state index is 12.4. The Bertz CT molecular complexity index is 843. The molecule has 0 spiro atoms. The molecule has 2 aromatic carbocycles. The van der Waals surface area contributed by atoms with Gasteiger partial charge in [0.25, 0.3) is 11.8 Å². The highest BCUT2D eigenvalue weighted by Gasteiger charge is 2.24. The third kappa shape index (κ3) is 7.20. The zero-order valence-corrected chi connectivity index (χ0v) is 18.1. The van der Waals surface area contributed by atoms with E-state index in [0.717, 1.165) is 11.3 Å². The van der Waals surface area contributed by atoms with Crippen LogP contribution in [0.2, 0.25) is 0 Å². The molecule has 1 aliphatic rings. The Morgan fingerprint density at radius 2 is 1.39 bits per heavy atom. The summed E-state index contributed by atoms with van der Waals surface area (Å²) in [6.45, 7) is 5.71. The normalized spacial score (nSPS) is 14.1. The molecule has 166 valence electrons. The van der Waals surface area contributed by atoms with Crippen molar-refractivity contribution in [3.8, 4) is 17.2 Å². The SMILES string of the molecule is CCOc1ccc(OCC(=O)NC2CCN(C(=O)COc3ccc(C)cc3)CC2)cc1. The summed E-state index contributed by atoms with van der Waals surface area (Å²) in [5, 5.41) is 2.99. The summed E-state index contributed by atoms with van der Waals surface area (Å²) in [5.74, 6) is 1.87. The number of likely N-dealkylation sites (tertiary alicyclic amines) is 1. The number of rotatable bonds is 9. The summed E-state index contributed by atoms with van der Waals surface area (Å²) in [5.41, 5.74) is 1.15. The number of aryl methyl sites for hydroxylation is 1. The molecule has 31 heavy (non-hydrogen) atoms. The molecule has 0 atom stereocenters. The highest BCUT2D eigenvalue weighted by Crippen LogP contribution is 2.18. The third-order valence-electron chi connectivity index (χ3n) is 5.10. The predicted molar refractivity (Wildman–Crippen MR) is 118 cm³/mol. The molecule has 3 rings (SSSR count). The number of carbonyl (C=O) groups is 2. The molecule has 7 nitrogen and oxygen atoms in total. The van der Waals surface area contributed by atoms with Gasteiger partial charge in [-0.05, 0) is 63.1 Å². The van der Waals surface area contributed by atoms with Crippen LogP contribution in [0.1, 0.15) is 25.3 Å². The quantitative estimate of drug-likeness (QED) is 0.667. The van der Waals surface area contributed by atoms with E-state index >= 15 is 0 Å². The summed E-state index contributed by atoms with van der Waals surface area (Å²) in [7, 11) is 0. The lowest BCUT2D eigenvalue weighted by molar-refractivity contribution is -0.134. The summed E-state index contributed by atoms with van der Waals surface area (Å²) < 4.78 is 16.5. The van der Waals surface area contributed by atoms with E-state index in [-0.39, 0.29) is 31.1 Å². The van der Waals surface area contributed by atoms with Crippen LogP contribution in [0.5, 0.6) is 17.2 Å². The average molecular weight is 427 g/mol. The van der Waals surface area contributed by atoms with Crippen LogP contribution in [0, 0.1) is 6.92 Å². The maximum Gasteiger partial charge on any atom is 0.260 e. The minimum Gasteiger partial charge on any atom is -0.494 e. The van der Waals surface area contributed by atoms with Crippen LogP contribution < -0.4 is 19.5 Å². The number of ether oxygens (including phenoxy) is 3. The molecule has 0 bridgehead atoms. The Hall–Kier alpha value is -3.22. The van der Waals surface area contributed by atoms with Gasteiger partial charge in [0.05, 0.1) is 6.61 Å². The molecule has 1 saturated heterocycles. The summed E-state index contributed by atoms with van der Waals surface area (Å²) in [6.07, 6.45) is 1.43. The van der Waals surface area contributed by atoms with Crippen molar-refractivity contribution in [3.05, 3.63) is 54.1 Å². The number of hydrogen-bond acceptors (Lipinski definition) is 5. The van der Waals surface area contributed by atoms with E-state index in [0.29, 0.717) is 44.0 Å². The van der Waals surface area contributed by atoms with E-state index in [2.05, 4.69) is 5.32 Å². The first-order valence-electron chi connectivity index (χ1n) is 10.7. The standard InChI is InChI=1S/C24H30N2O5/c1-3-29-20-8-10-22(11-9-20)30-16-23(27)25-19-12-14-26(15-13-19)24(28)17-31-21-6-4-18(2)5-7-21/h4-11,19H,3,12-17H2,1-2H3,(H,25,27). The molecule has 0 unspecified atom stereocenters. The van der Waals surface area contributed by atoms with Gasteiger partial charge in [-0.2, -0.15) is 0 Å². The Labute approximate surface area is 183 Å². The van der Waals surface area contributed by atoms with Gasteiger partial charge < -0.3 is 24.4 Å². The molecule has 1 fully saturated rings. The minimum absolute atomic E-state index is 0.0238. The largest absolute Gasteiger partial charge is 0.494 e. The van der Waals surface area contributed by atoms with Crippen molar-refractivity contribution in [1.29, 1.82) is 0 Å². The van der Waals surface area contributed by atoms with E-state index in [1.54, 1.807) is 17.0 Å². The molecule has 0 aromatic heterocycles. The van der Waals surface area contributed by atoms with Gasteiger partial charge in [0.15, 0.2) is 13.2 Å². The summed E-state index contributed by atoms with van der Waals surface area (Å²) >= 11 is 0. The topological polar surface area (TPSA) is 77.1 Å². The molecule has 2 amide bonds. The van der Waals surface area contributed by atoms with Gasteiger partial charge in [-0.15, -0.1) is 0 Å². The van der Waals surface area contributed by atoms with Gasteiger partial charge in [0.1, 0.15) is 17.2 Å². The Morgan fingerprint density at radius 1 is 0.871 bits per heavy atom. The first kappa shape index (κ1) is 22.5. The summed E-state index contributed by atoms with van der Waals surface area (Å²) in [4.78, 5) is 26.4. The molecule has 1 N–H and O–H groups in total. The second-order valence-electron chi connectivity index (χ2n) is 7.52. The van der Waals surface area contributed by atoms with Crippen molar-refractivity contribution in [1.82, 2.24) is 10.2 Å². The molecule has 7 heteroatoms. The van der Waals surface area contributed by atoms with Gasteiger partial charge in [-0.1, -0.05) is 17.7 Å². The molecule has 0 aliphatic carbocycles. The number of nitrogens with one attached hydrogen (secondary N) is 1. The van der Waals surface area contributed by atoms with Crippen LogP contribution in [-0.4, -0.2) is 55.7 Å². The lowest BCUT2D eigenvalue weighted by atomic mass is 10.1. The van der Waals surface area contributed by atoms with Crippen molar-refractivity contribution in [2.45, 2.75) is 32.7 Å². The lowest BCUT2D eigenvalue weighted by Crippen LogP contribution is -2.48. The summed E-state index contributed by atoms with van der Waals surface area (Å²) in [6, 6.07) is 14.8. The Morgan fingerprint density at radius 3 is 1.97 bits per heavy atom. The van der Waals surface area contributed by atoms with Crippen molar-refractivity contribution in [2.24, 2.45) is 0 Å². The van der Waals surface area contributed by atoms with Crippen LogP contribution in [0.4, 0.5) is 0 Å². The maximum atomic E-state index is 12.4. The highest BCUT2D eigenvalue weighted by molar-refractivity contribution is 5.79.